The van der Waals surface area contributed by atoms with Gasteiger partial charge in [-0.1, -0.05) is 36.8 Å². The molecule has 0 saturated carbocycles. The van der Waals surface area contributed by atoms with Crippen LogP contribution in [0.15, 0.2) is 12.1 Å². The molecule has 0 radical (unpaired) electrons. The molecule has 2 heterocycles. The molecule has 0 aliphatic rings. The van der Waals surface area contributed by atoms with E-state index in [1.165, 1.54) is 17.4 Å². The van der Waals surface area contributed by atoms with Crippen molar-refractivity contribution >= 4 is 34.0 Å². The van der Waals surface area contributed by atoms with Crippen LogP contribution in [-0.2, 0) is 6.42 Å². The number of carbonyl (C=O) groups excluding carboxylic acids is 1. The third-order valence-corrected chi connectivity index (χ3v) is 3.51. The summed E-state index contributed by atoms with van der Waals surface area (Å²) >= 11 is 7.23. The zero-order valence-corrected chi connectivity index (χ0v) is 13.0. The molecular formula is C13H15ClN4OS. The molecule has 0 unspecified atom stereocenters. The van der Waals surface area contributed by atoms with Crippen molar-refractivity contribution in [3.63, 3.8) is 0 Å². The number of anilines is 1. The summed E-state index contributed by atoms with van der Waals surface area (Å²) in [4.78, 5) is 16.1. The summed E-state index contributed by atoms with van der Waals surface area (Å²) in [5.41, 5.74) is 1.16. The Morgan fingerprint density at radius 2 is 2.15 bits per heavy atom. The van der Waals surface area contributed by atoms with Crippen molar-refractivity contribution in [3.05, 3.63) is 33.6 Å². The Labute approximate surface area is 126 Å². The van der Waals surface area contributed by atoms with E-state index in [-0.39, 0.29) is 5.91 Å². The van der Waals surface area contributed by atoms with Crippen LogP contribution in [-0.4, -0.2) is 21.1 Å². The molecule has 0 spiro atoms. The number of hydrogen-bond donors (Lipinski definition) is 1. The van der Waals surface area contributed by atoms with E-state index in [0.717, 1.165) is 11.4 Å². The molecule has 0 aliphatic carbocycles. The molecule has 106 valence electrons. The number of nitrogens with one attached hydrogen (secondary N) is 1. The Balaban J connectivity index is 2.09. The number of aryl methyl sites for hydroxylation is 1. The first-order valence-corrected chi connectivity index (χ1v) is 7.41. The molecule has 0 aromatic carbocycles. The Morgan fingerprint density at radius 3 is 2.80 bits per heavy atom. The molecule has 1 amide bonds. The molecule has 7 heteroatoms. The van der Waals surface area contributed by atoms with E-state index in [1.807, 2.05) is 0 Å². The van der Waals surface area contributed by atoms with E-state index in [4.69, 9.17) is 11.6 Å². The van der Waals surface area contributed by atoms with Crippen molar-refractivity contribution in [3.8, 4) is 0 Å². The van der Waals surface area contributed by atoms with Crippen LogP contribution in [0.2, 0.25) is 5.15 Å². The number of pyridine rings is 1. The molecule has 2 aromatic rings. The normalized spacial score (nSPS) is 10.8. The second-order valence-corrected chi connectivity index (χ2v) is 6.32. The van der Waals surface area contributed by atoms with Crippen LogP contribution < -0.4 is 5.32 Å². The van der Waals surface area contributed by atoms with Gasteiger partial charge in [0, 0.05) is 17.7 Å². The number of nitrogens with zero attached hydrogens (tertiary/aromatic N) is 3. The van der Waals surface area contributed by atoms with Gasteiger partial charge in [-0.15, -0.1) is 10.2 Å². The predicted octanol–water partition coefficient (Wildman–Crippen LogP) is 3.35. The summed E-state index contributed by atoms with van der Waals surface area (Å²) in [7, 11) is 0. The Hall–Kier alpha value is -1.53. The van der Waals surface area contributed by atoms with Gasteiger partial charge in [-0.2, -0.15) is 0 Å². The first-order chi connectivity index (χ1) is 9.44. The molecule has 0 aliphatic heterocycles. The summed E-state index contributed by atoms with van der Waals surface area (Å²) in [5.74, 6) is 0.248. The quantitative estimate of drug-likeness (QED) is 0.879. The first kappa shape index (κ1) is 14.9. The lowest BCUT2D eigenvalue weighted by Crippen LogP contribution is -2.12. The van der Waals surface area contributed by atoms with Crippen molar-refractivity contribution in [2.75, 3.05) is 5.32 Å². The number of aromatic nitrogens is 3. The standard InChI is InChI=1S/C13H15ClN4OS/c1-7(2)4-11-17-18-13(20-11)16-12(19)9-5-8(3)15-10(14)6-9/h5-7H,4H2,1-3H3,(H,16,18,19). The molecule has 0 bridgehead atoms. The minimum Gasteiger partial charge on any atom is -0.296 e. The van der Waals surface area contributed by atoms with Crippen LogP contribution in [0.5, 0.6) is 0 Å². The van der Waals surface area contributed by atoms with Gasteiger partial charge in [0.2, 0.25) is 5.13 Å². The average Bonchev–Trinajstić information content (AvgIpc) is 2.74. The summed E-state index contributed by atoms with van der Waals surface area (Å²) < 4.78 is 0. The zero-order chi connectivity index (χ0) is 14.7. The van der Waals surface area contributed by atoms with Crippen LogP contribution in [0.3, 0.4) is 0 Å². The van der Waals surface area contributed by atoms with Gasteiger partial charge in [0.05, 0.1) is 0 Å². The van der Waals surface area contributed by atoms with E-state index in [2.05, 4.69) is 34.3 Å². The number of hydrogen-bond acceptors (Lipinski definition) is 5. The largest absolute Gasteiger partial charge is 0.296 e. The van der Waals surface area contributed by atoms with Gasteiger partial charge in [0.1, 0.15) is 10.2 Å². The van der Waals surface area contributed by atoms with Crippen molar-refractivity contribution in [2.45, 2.75) is 27.2 Å². The van der Waals surface area contributed by atoms with Crippen LogP contribution in [0.4, 0.5) is 5.13 Å². The van der Waals surface area contributed by atoms with Crippen molar-refractivity contribution in [1.82, 2.24) is 15.2 Å². The van der Waals surface area contributed by atoms with Gasteiger partial charge in [0.25, 0.3) is 5.91 Å². The maximum absolute atomic E-state index is 12.1. The van der Waals surface area contributed by atoms with Crippen molar-refractivity contribution in [1.29, 1.82) is 0 Å². The number of amides is 1. The van der Waals surface area contributed by atoms with Gasteiger partial charge >= 0.3 is 0 Å². The summed E-state index contributed by atoms with van der Waals surface area (Å²) in [6.45, 7) is 6.01. The van der Waals surface area contributed by atoms with Crippen LogP contribution >= 0.6 is 22.9 Å². The molecule has 5 nitrogen and oxygen atoms in total. The fourth-order valence-electron chi connectivity index (χ4n) is 1.66. The molecule has 2 aromatic heterocycles. The van der Waals surface area contributed by atoms with E-state index < -0.39 is 0 Å². The Bertz CT molecular complexity index is 606. The summed E-state index contributed by atoms with van der Waals surface area (Å²) in [5, 5.41) is 12.5. The van der Waals surface area contributed by atoms with Crippen LogP contribution in [0.1, 0.15) is 34.9 Å². The third kappa shape index (κ3) is 3.98. The van der Waals surface area contributed by atoms with Gasteiger partial charge in [-0.25, -0.2) is 4.98 Å². The van der Waals surface area contributed by atoms with Crippen molar-refractivity contribution < 1.29 is 4.79 Å². The van der Waals surface area contributed by atoms with Gasteiger partial charge in [-0.3, -0.25) is 10.1 Å². The number of carbonyl (C=O) groups is 1. The second kappa shape index (κ2) is 6.28. The molecule has 0 fully saturated rings. The summed E-state index contributed by atoms with van der Waals surface area (Å²) in [6, 6.07) is 3.21. The van der Waals surface area contributed by atoms with Crippen LogP contribution in [0, 0.1) is 12.8 Å². The Kier molecular flexibility index (Phi) is 4.67. The molecule has 2 rings (SSSR count). The lowest BCUT2D eigenvalue weighted by atomic mass is 10.1. The highest BCUT2D eigenvalue weighted by atomic mass is 35.5. The maximum atomic E-state index is 12.1. The molecule has 0 saturated heterocycles. The van der Waals surface area contributed by atoms with Gasteiger partial charge in [-0.05, 0) is 25.0 Å². The third-order valence-electron chi connectivity index (χ3n) is 2.45. The van der Waals surface area contributed by atoms with Crippen LogP contribution in [0.25, 0.3) is 0 Å². The smallest absolute Gasteiger partial charge is 0.257 e. The van der Waals surface area contributed by atoms with E-state index in [1.54, 1.807) is 13.0 Å². The number of halogens is 1. The highest BCUT2D eigenvalue weighted by molar-refractivity contribution is 7.15. The monoisotopic (exact) mass is 310 g/mol. The highest BCUT2D eigenvalue weighted by Crippen LogP contribution is 2.19. The van der Waals surface area contributed by atoms with Gasteiger partial charge in [0.15, 0.2) is 0 Å². The lowest BCUT2D eigenvalue weighted by molar-refractivity contribution is 0.102. The topological polar surface area (TPSA) is 67.8 Å². The fraction of sp³-hybridized carbons (Fsp3) is 0.385. The maximum Gasteiger partial charge on any atom is 0.257 e. The SMILES string of the molecule is Cc1cc(C(=O)Nc2nnc(CC(C)C)s2)cc(Cl)n1. The van der Waals surface area contributed by atoms with E-state index in [9.17, 15) is 4.79 Å². The van der Waals surface area contributed by atoms with E-state index in [0.29, 0.717) is 27.5 Å². The minimum absolute atomic E-state index is 0.260. The Morgan fingerprint density at radius 1 is 1.40 bits per heavy atom. The zero-order valence-electron chi connectivity index (χ0n) is 11.5. The first-order valence-electron chi connectivity index (χ1n) is 6.22. The fourth-order valence-corrected chi connectivity index (χ4v) is 2.86. The number of rotatable bonds is 4. The predicted molar refractivity (Wildman–Crippen MR) is 80.4 cm³/mol. The average molecular weight is 311 g/mol. The highest BCUT2D eigenvalue weighted by Gasteiger charge is 2.12. The van der Waals surface area contributed by atoms with Crippen molar-refractivity contribution in [2.24, 2.45) is 5.92 Å². The minimum atomic E-state index is -0.260. The van der Waals surface area contributed by atoms with Gasteiger partial charge < -0.3 is 0 Å². The molecule has 1 N–H and O–H groups in total. The summed E-state index contributed by atoms with van der Waals surface area (Å²) in [6.07, 6.45) is 0.855. The molecule has 0 atom stereocenters. The molecular weight excluding hydrogens is 296 g/mol. The second-order valence-electron chi connectivity index (χ2n) is 4.87. The van der Waals surface area contributed by atoms with E-state index >= 15 is 0 Å². The lowest BCUT2D eigenvalue weighted by Gasteiger charge is -2.02. The molecule has 20 heavy (non-hydrogen) atoms.